The monoisotopic (exact) mass is 304 g/mol. The van der Waals surface area contributed by atoms with Crippen LogP contribution in [-0.2, 0) is 5.60 Å². The molecule has 0 saturated heterocycles. The predicted octanol–water partition coefficient (Wildman–Crippen LogP) is 1.99. The van der Waals surface area contributed by atoms with Gasteiger partial charge in [0.15, 0.2) is 5.78 Å². The van der Waals surface area contributed by atoms with Gasteiger partial charge in [0.2, 0.25) is 0 Å². The van der Waals surface area contributed by atoms with E-state index >= 15 is 0 Å². The molecule has 2 rings (SSSR count). The average molecular weight is 304 g/mol. The molecule has 1 aromatic carbocycles. The van der Waals surface area contributed by atoms with Gasteiger partial charge in [0.05, 0.1) is 6.54 Å². The van der Waals surface area contributed by atoms with Crippen LogP contribution in [-0.4, -0.2) is 28.3 Å². The van der Waals surface area contributed by atoms with Crippen LogP contribution in [0.2, 0.25) is 0 Å². The number of rotatable bonds is 5. The summed E-state index contributed by atoms with van der Waals surface area (Å²) in [6.45, 7) is 2.88. The first-order valence-electron chi connectivity index (χ1n) is 6.75. The van der Waals surface area contributed by atoms with Gasteiger partial charge in [-0.15, -0.1) is 0 Å². The van der Waals surface area contributed by atoms with Crippen LogP contribution in [0.15, 0.2) is 36.5 Å². The molecule has 22 heavy (non-hydrogen) atoms. The maximum Gasteiger partial charge on any atom is 0.267 e. The minimum atomic E-state index is -1.33. The molecule has 1 aromatic heterocycles. The third kappa shape index (κ3) is 3.59. The van der Waals surface area contributed by atoms with Gasteiger partial charge in [-0.1, -0.05) is 12.1 Å². The first-order chi connectivity index (χ1) is 10.3. The molecule has 0 saturated carbocycles. The van der Waals surface area contributed by atoms with Crippen LogP contribution in [0.25, 0.3) is 0 Å². The van der Waals surface area contributed by atoms with Gasteiger partial charge in [0.1, 0.15) is 17.1 Å². The molecule has 0 aliphatic carbocycles. The lowest BCUT2D eigenvalue weighted by Crippen LogP contribution is -2.38. The zero-order valence-corrected chi connectivity index (χ0v) is 12.3. The number of amides is 1. The maximum atomic E-state index is 12.9. The molecule has 0 aliphatic heterocycles. The molecule has 0 aliphatic rings. The number of nitrogens with one attached hydrogen (secondary N) is 2. The maximum absolute atomic E-state index is 12.9. The van der Waals surface area contributed by atoms with Crippen LogP contribution in [0.4, 0.5) is 4.39 Å². The molecule has 116 valence electrons. The fourth-order valence-corrected chi connectivity index (χ4v) is 1.99. The quantitative estimate of drug-likeness (QED) is 0.739. The van der Waals surface area contributed by atoms with Crippen LogP contribution in [0.5, 0.6) is 0 Å². The van der Waals surface area contributed by atoms with E-state index in [1.807, 2.05) is 0 Å². The Morgan fingerprint density at radius 3 is 2.50 bits per heavy atom. The molecule has 1 heterocycles. The Kier molecular flexibility index (Phi) is 4.42. The molecule has 3 N–H and O–H groups in total. The lowest BCUT2D eigenvalue weighted by atomic mass is 9.96. The number of halogens is 1. The van der Waals surface area contributed by atoms with Gasteiger partial charge in [-0.25, -0.2) is 4.39 Å². The van der Waals surface area contributed by atoms with Gasteiger partial charge in [-0.2, -0.15) is 0 Å². The Balaban J connectivity index is 2.02. The number of Topliss-reactive ketones (excluding diaryl/α,β-unsaturated/α-hetero) is 1. The van der Waals surface area contributed by atoms with Gasteiger partial charge in [-0.05, 0) is 37.6 Å². The van der Waals surface area contributed by atoms with E-state index in [9.17, 15) is 19.1 Å². The fourth-order valence-electron chi connectivity index (χ4n) is 1.99. The first-order valence-corrected chi connectivity index (χ1v) is 6.75. The third-order valence-corrected chi connectivity index (χ3v) is 3.39. The number of benzene rings is 1. The second-order valence-electron chi connectivity index (χ2n) is 5.32. The molecule has 5 nitrogen and oxygen atoms in total. The highest BCUT2D eigenvalue weighted by Gasteiger charge is 2.24. The highest BCUT2D eigenvalue weighted by Crippen LogP contribution is 2.20. The average Bonchev–Trinajstić information content (AvgIpc) is 2.95. The van der Waals surface area contributed by atoms with E-state index in [0.29, 0.717) is 11.1 Å². The molecule has 0 fully saturated rings. The molecular weight excluding hydrogens is 287 g/mol. The van der Waals surface area contributed by atoms with Crippen LogP contribution in [0.1, 0.15) is 40.3 Å². The third-order valence-electron chi connectivity index (χ3n) is 3.39. The Labute approximate surface area is 127 Å². The molecule has 1 amide bonds. The number of ketones is 1. The summed E-state index contributed by atoms with van der Waals surface area (Å²) >= 11 is 0. The van der Waals surface area contributed by atoms with Crippen molar-refractivity contribution in [2.45, 2.75) is 19.4 Å². The molecule has 0 bridgehead atoms. The van der Waals surface area contributed by atoms with Crippen molar-refractivity contribution in [3.05, 3.63) is 59.2 Å². The second-order valence-corrected chi connectivity index (χ2v) is 5.32. The molecular formula is C16H17FN2O3. The summed E-state index contributed by atoms with van der Waals surface area (Å²) in [6, 6.07) is 6.86. The number of hydrogen-bond acceptors (Lipinski definition) is 3. The van der Waals surface area contributed by atoms with E-state index in [-0.39, 0.29) is 18.0 Å². The lowest BCUT2D eigenvalue weighted by Gasteiger charge is -2.24. The topological polar surface area (TPSA) is 82.2 Å². The number of aromatic nitrogens is 1. The number of hydrogen-bond donors (Lipinski definition) is 3. The number of carbonyl (C=O) groups is 2. The summed E-state index contributed by atoms with van der Waals surface area (Å²) in [5.41, 5.74) is -0.194. The molecule has 6 heteroatoms. The standard InChI is InChI=1S/C16H17FN2O3/c1-10(20)11-7-14(18-8-11)15(21)19-9-16(2,22)12-3-5-13(17)6-4-12/h3-8,18,22H,9H2,1-2H3,(H,19,21). The highest BCUT2D eigenvalue weighted by molar-refractivity contribution is 5.99. The number of aromatic amines is 1. The molecule has 0 spiro atoms. The summed E-state index contributed by atoms with van der Waals surface area (Å²) < 4.78 is 12.9. The van der Waals surface area contributed by atoms with Crippen molar-refractivity contribution in [1.82, 2.24) is 10.3 Å². The highest BCUT2D eigenvalue weighted by atomic mass is 19.1. The van der Waals surface area contributed by atoms with Gasteiger partial charge in [0.25, 0.3) is 5.91 Å². The van der Waals surface area contributed by atoms with Crippen molar-refractivity contribution in [1.29, 1.82) is 0 Å². The van der Waals surface area contributed by atoms with Crippen LogP contribution in [0, 0.1) is 5.82 Å². The van der Waals surface area contributed by atoms with Gasteiger partial charge in [0, 0.05) is 11.8 Å². The summed E-state index contributed by atoms with van der Waals surface area (Å²) in [5, 5.41) is 12.9. The van der Waals surface area contributed by atoms with Gasteiger partial charge >= 0.3 is 0 Å². The molecule has 1 atom stereocenters. The number of H-pyrrole nitrogens is 1. The van der Waals surface area contributed by atoms with E-state index in [1.54, 1.807) is 0 Å². The Hall–Kier alpha value is -2.47. The lowest BCUT2D eigenvalue weighted by molar-refractivity contribution is 0.0524. The van der Waals surface area contributed by atoms with Gasteiger partial charge < -0.3 is 15.4 Å². The van der Waals surface area contributed by atoms with Crippen LogP contribution >= 0.6 is 0 Å². The van der Waals surface area contributed by atoms with Crippen molar-refractivity contribution in [3.63, 3.8) is 0 Å². The first kappa shape index (κ1) is 15.9. The van der Waals surface area contributed by atoms with Crippen molar-refractivity contribution in [3.8, 4) is 0 Å². The van der Waals surface area contributed by atoms with Crippen molar-refractivity contribution in [2.75, 3.05) is 6.54 Å². The smallest absolute Gasteiger partial charge is 0.267 e. The summed E-state index contributed by atoms with van der Waals surface area (Å²) in [5.74, 6) is -0.977. The Morgan fingerprint density at radius 1 is 1.32 bits per heavy atom. The minimum Gasteiger partial charge on any atom is -0.384 e. The Morgan fingerprint density at radius 2 is 1.95 bits per heavy atom. The summed E-state index contributed by atoms with van der Waals surface area (Å²) in [7, 11) is 0. The predicted molar refractivity (Wildman–Crippen MR) is 79.1 cm³/mol. The summed E-state index contributed by atoms with van der Waals surface area (Å²) in [4.78, 5) is 25.9. The molecule has 2 aromatic rings. The van der Waals surface area contributed by atoms with Crippen molar-refractivity contribution >= 4 is 11.7 Å². The van der Waals surface area contributed by atoms with Crippen molar-refractivity contribution in [2.24, 2.45) is 0 Å². The number of aliphatic hydroxyl groups is 1. The van der Waals surface area contributed by atoms with E-state index in [2.05, 4.69) is 10.3 Å². The van der Waals surface area contributed by atoms with E-state index in [0.717, 1.165) is 0 Å². The van der Waals surface area contributed by atoms with Crippen LogP contribution in [0.3, 0.4) is 0 Å². The van der Waals surface area contributed by atoms with Crippen molar-refractivity contribution < 1.29 is 19.1 Å². The van der Waals surface area contributed by atoms with Gasteiger partial charge in [-0.3, -0.25) is 9.59 Å². The van der Waals surface area contributed by atoms with E-state index < -0.39 is 17.3 Å². The molecule has 0 radical (unpaired) electrons. The SMILES string of the molecule is CC(=O)c1c[nH]c(C(=O)NCC(C)(O)c2ccc(F)cc2)c1. The van der Waals surface area contributed by atoms with E-state index in [1.165, 1.54) is 50.4 Å². The van der Waals surface area contributed by atoms with E-state index in [4.69, 9.17) is 0 Å². The second kappa shape index (κ2) is 6.11. The number of carbonyl (C=O) groups excluding carboxylic acids is 2. The fraction of sp³-hybridized carbons (Fsp3) is 0.250. The largest absolute Gasteiger partial charge is 0.384 e. The molecule has 1 unspecified atom stereocenters. The zero-order chi connectivity index (χ0) is 16.3. The zero-order valence-electron chi connectivity index (χ0n) is 12.3. The normalized spacial score (nSPS) is 13.5. The minimum absolute atomic E-state index is 0.0497. The van der Waals surface area contributed by atoms with Crippen LogP contribution < -0.4 is 5.32 Å². The summed E-state index contributed by atoms with van der Waals surface area (Å²) in [6.07, 6.45) is 1.45. The Bertz CT molecular complexity index is 690.